The van der Waals surface area contributed by atoms with E-state index in [1.165, 1.54) is 6.08 Å². The highest BCUT2D eigenvalue weighted by Gasteiger charge is 2.41. The average molecular weight is 209 g/mol. The molecule has 1 saturated heterocycles. The van der Waals surface area contributed by atoms with Gasteiger partial charge in [0.25, 0.3) is 0 Å². The number of carbonyl (C=O) groups is 2. The molecular weight excluding hydrogens is 198 g/mol. The Balaban J connectivity index is 2.21. The van der Waals surface area contributed by atoms with Gasteiger partial charge in [-0.2, -0.15) is 0 Å². The van der Waals surface area contributed by atoms with Gasteiger partial charge in [0.1, 0.15) is 0 Å². The van der Waals surface area contributed by atoms with Gasteiger partial charge in [0, 0.05) is 5.75 Å². The minimum Gasteiger partial charge on any atom is -0.296 e. The third-order valence-electron chi connectivity index (χ3n) is 2.30. The third-order valence-corrected chi connectivity index (χ3v) is 3.42. The molecule has 0 bridgehead atoms. The van der Waals surface area contributed by atoms with E-state index in [-0.39, 0.29) is 17.1 Å². The molecule has 74 valence electrons. The number of carbonyl (C=O) groups excluding carboxylic acids is 2. The largest absolute Gasteiger partial charge is 0.296 e. The summed E-state index contributed by atoms with van der Waals surface area (Å²) in [6.45, 7) is 1.80. The Morgan fingerprint density at radius 2 is 2.50 bits per heavy atom. The van der Waals surface area contributed by atoms with E-state index in [9.17, 15) is 9.59 Å². The molecule has 2 rings (SSSR count). The highest BCUT2D eigenvalue weighted by molar-refractivity contribution is 8.00. The molecule has 1 amide bonds. The van der Waals surface area contributed by atoms with Crippen molar-refractivity contribution in [3.63, 3.8) is 0 Å². The van der Waals surface area contributed by atoms with Gasteiger partial charge >= 0.3 is 0 Å². The number of allylic oxidation sites excluding steroid dienone is 2. The zero-order chi connectivity index (χ0) is 10.1. The van der Waals surface area contributed by atoms with E-state index in [0.29, 0.717) is 12.1 Å². The summed E-state index contributed by atoms with van der Waals surface area (Å²) in [7, 11) is 0. The van der Waals surface area contributed by atoms with Crippen LogP contribution in [-0.2, 0) is 9.59 Å². The number of nitrogens with zero attached hydrogens (tertiary/aromatic N) is 1. The molecule has 0 radical (unpaired) electrons. The average Bonchev–Trinajstić information content (AvgIpc) is 2.16. The van der Waals surface area contributed by atoms with E-state index < -0.39 is 0 Å². The number of ketones is 1. The van der Waals surface area contributed by atoms with E-state index in [0.717, 1.165) is 5.75 Å². The summed E-state index contributed by atoms with van der Waals surface area (Å²) >= 11 is 1.71. The van der Waals surface area contributed by atoms with Gasteiger partial charge in [0.15, 0.2) is 0 Å². The number of thioether (sulfide) groups is 1. The van der Waals surface area contributed by atoms with Crippen LogP contribution >= 0.6 is 11.8 Å². The van der Waals surface area contributed by atoms with Crippen LogP contribution in [0.3, 0.4) is 0 Å². The normalized spacial score (nSPS) is 25.8. The highest BCUT2D eigenvalue weighted by Crippen LogP contribution is 2.37. The second-order valence-corrected chi connectivity index (χ2v) is 4.42. The van der Waals surface area contributed by atoms with Crippen molar-refractivity contribution in [1.29, 1.82) is 0 Å². The first-order chi connectivity index (χ1) is 6.74. The molecule has 0 aromatic rings. The van der Waals surface area contributed by atoms with Crippen LogP contribution in [0, 0.1) is 0 Å². The van der Waals surface area contributed by atoms with Gasteiger partial charge in [-0.3, -0.25) is 14.5 Å². The predicted molar refractivity (Wildman–Crippen MR) is 55.6 cm³/mol. The van der Waals surface area contributed by atoms with Gasteiger partial charge in [-0.25, -0.2) is 0 Å². The van der Waals surface area contributed by atoms with Gasteiger partial charge in [-0.05, 0) is 19.1 Å². The predicted octanol–water partition coefficient (Wildman–Crippen LogP) is 1.32. The minimum absolute atomic E-state index is 0.0614. The molecular formula is C10H11NO2S. The molecule has 0 aromatic heterocycles. The Bertz CT molecular complexity index is 346. The molecule has 2 aliphatic heterocycles. The fourth-order valence-corrected chi connectivity index (χ4v) is 2.72. The van der Waals surface area contributed by atoms with Crippen molar-refractivity contribution in [3.8, 4) is 0 Å². The Kier molecular flexibility index (Phi) is 2.46. The van der Waals surface area contributed by atoms with E-state index in [2.05, 4.69) is 0 Å². The van der Waals surface area contributed by atoms with Crippen molar-refractivity contribution in [2.45, 2.75) is 18.7 Å². The summed E-state index contributed by atoms with van der Waals surface area (Å²) in [5.74, 6) is 0.824. The van der Waals surface area contributed by atoms with E-state index in [1.807, 2.05) is 6.08 Å². The first kappa shape index (κ1) is 9.52. The smallest absolute Gasteiger partial charge is 0.231 e. The standard InChI is InChI=1S/C10H11NO2S/c1-2-3-8(12)7-4-5-14-10-6-9(13)11(7)10/h2-4,10H,5-6H2,1H3/b3-2+. The summed E-state index contributed by atoms with van der Waals surface area (Å²) in [5.41, 5.74) is 0.558. The maximum atomic E-state index is 11.6. The number of hydrogen-bond donors (Lipinski definition) is 0. The molecule has 1 fully saturated rings. The summed E-state index contributed by atoms with van der Waals surface area (Å²) in [6.07, 6.45) is 5.61. The number of rotatable bonds is 2. The van der Waals surface area contributed by atoms with Gasteiger partial charge in [0.05, 0.1) is 17.5 Å². The highest BCUT2D eigenvalue weighted by atomic mass is 32.2. The molecule has 4 heteroatoms. The Labute approximate surface area is 86.8 Å². The first-order valence-corrected chi connectivity index (χ1v) is 5.59. The lowest BCUT2D eigenvalue weighted by Gasteiger charge is -2.42. The van der Waals surface area contributed by atoms with Crippen molar-refractivity contribution in [2.75, 3.05) is 5.75 Å². The van der Waals surface area contributed by atoms with Crippen LogP contribution in [0.15, 0.2) is 23.9 Å². The lowest BCUT2D eigenvalue weighted by molar-refractivity contribution is -0.140. The zero-order valence-electron chi connectivity index (χ0n) is 7.90. The maximum Gasteiger partial charge on any atom is 0.231 e. The van der Waals surface area contributed by atoms with Gasteiger partial charge in [-0.15, -0.1) is 11.8 Å². The quantitative estimate of drug-likeness (QED) is 0.508. The van der Waals surface area contributed by atoms with Crippen molar-refractivity contribution < 1.29 is 9.59 Å². The number of β-lactam (4-membered cyclic amide) rings is 1. The monoisotopic (exact) mass is 209 g/mol. The lowest BCUT2D eigenvalue weighted by Crippen LogP contribution is -2.52. The van der Waals surface area contributed by atoms with Crippen LogP contribution in [0.1, 0.15) is 13.3 Å². The molecule has 1 atom stereocenters. The number of amides is 1. The minimum atomic E-state index is -0.0640. The summed E-state index contributed by atoms with van der Waals surface area (Å²) in [6, 6.07) is 0. The fourth-order valence-electron chi connectivity index (χ4n) is 1.60. The van der Waals surface area contributed by atoms with Crippen LogP contribution in [0.5, 0.6) is 0 Å². The molecule has 1 unspecified atom stereocenters. The summed E-state index contributed by atoms with van der Waals surface area (Å²) in [4.78, 5) is 24.5. The Hall–Kier alpha value is -1.03. The van der Waals surface area contributed by atoms with Gasteiger partial charge < -0.3 is 0 Å². The molecule has 2 aliphatic rings. The topological polar surface area (TPSA) is 37.4 Å². The second kappa shape index (κ2) is 3.61. The fraction of sp³-hybridized carbons (Fsp3) is 0.400. The van der Waals surface area contributed by atoms with Crippen LogP contribution in [0.2, 0.25) is 0 Å². The van der Waals surface area contributed by atoms with Crippen molar-refractivity contribution in [1.82, 2.24) is 4.90 Å². The maximum absolute atomic E-state index is 11.6. The lowest BCUT2D eigenvalue weighted by atomic mass is 10.1. The second-order valence-electron chi connectivity index (χ2n) is 3.21. The molecule has 0 spiro atoms. The van der Waals surface area contributed by atoms with Crippen molar-refractivity contribution in [3.05, 3.63) is 23.9 Å². The van der Waals surface area contributed by atoms with Gasteiger partial charge in [-0.1, -0.05) is 6.08 Å². The first-order valence-electron chi connectivity index (χ1n) is 4.55. The van der Waals surface area contributed by atoms with Crippen LogP contribution in [0.4, 0.5) is 0 Å². The molecule has 14 heavy (non-hydrogen) atoms. The van der Waals surface area contributed by atoms with E-state index in [4.69, 9.17) is 0 Å². The number of hydrogen-bond acceptors (Lipinski definition) is 3. The van der Waals surface area contributed by atoms with E-state index >= 15 is 0 Å². The summed E-state index contributed by atoms with van der Waals surface area (Å²) < 4.78 is 0. The van der Waals surface area contributed by atoms with Crippen LogP contribution in [0.25, 0.3) is 0 Å². The molecule has 0 saturated carbocycles. The SMILES string of the molecule is C/C=C/C(=O)C1=CCSC2CC(=O)N12. The molecule has 3 nitrogen and oxygen atoms in total. The van der Waals surface area contributed by atoms with Crippen molar-refractivity contribution >= 4 is 23.5 Å². The van der Waals surface area contributed by atoms with Gasteiger partial charge in [0.2, 0.25) is 11.7 Å². The Morgan fingerprint density at radius 1 is 1.71 bits per heavy atom. The van der Waals surface area contributed by atoms with E-state index in [1.54, 1.807) is 29.7 Å². The van der Waals surface area contributed by atoms with Crippen LogP contribution < -0.4 is 0 Å². The van der Waals surface area contributed by atoms with Crippen molar-refractivity contribution in [2.24, 2.45) is 0 Å². The molecule has 2 heterocycles. The third kappa shape index (κ3) is 1.39. The molecule has 0 aliphatic carbocycles. The molecule has 0 aromatic carbocycles. The Morgan fingerprint density at radius 3 is 3.14 bits per heavy atom. The zero-order valence-corrected chi connectivity index (χ0v) is 8.71. The van der Waals surface area contributed by atoms with Crippen LogP contribution in [-0.4, -0.2) is 27.7 Å². The summed E-state index contributed by atoms with van der Waals surface area (Å²) in [5, 5.41) is 0.205. The molecule has 0 N–H and O–H groups in total. The number of fused-ring (bicyclic) bond motifs is 1.